The van der Waals surface area contributed by atoms with Crippen molar-refractivity contribution in [2.24, 2.45) is 0 Å². The summed E-state index contributed by atoms with van der Waals surface area (Å²) in [5, 5.41) is -1.43. The van der Waals surface area contributed by atoms with Crippen molar-refractivity contribution in [1.29, 1.82) is 0 Å². The molecule has 1 unspecified atom stereocenters. The highest BCUT2D eigenvalue weighted by Crippen LogP contribution is 2.38. The average Bonchev–Trinajstić information content (AvgIpc) is 2.80. The second kappa shape index (κ2) is 5.42. The van der Waals surface area contributed by atoms with Gasteiger partial charge in [0.2, 0.25) is 11.6 Å². The van der Waals surface area contributed by atoms with Crippen LogP contribution < -0.4 is 0 Å². The van der Waals surface area contributed by atoms with E-state index in [1.54, 1.807) is 24.3 Å². The van der Waals surface area contributed by atoms with Gasteiger partial charge >= 0.3 is 0 Å². The molecule has 0 aliphatic heterocycles. The summed E-state index contributed by atoms with van der Waals surface area (Å²) in [4.78, 5) is 24.3. The van der Waals surface area contributed by atoms with Gasteiger partial charge in [-0.3, -0.25) is 9.59 Å². The molecule has 0 saturated carbocycles. The van der Waals surface area contributed by atoms with E-state index in [1.165, 1.54) is 24.3 Å². The van der Waals surface area contributed by atoms with Crippen LogP contribution in [0.15, 0.2) is 53.4 Å². The van der Waals surface area contributed by atoms with Crippen LogP contribution in [-0.2, 0) is 14.6 Å². The standard InChI is InChI=1S/C18H16O4S/c1-11(2)12-7-9-13(10-8-12)23(21,22)18-15-6-4-3-5-14(15)16(19)17(18)20/h3-11,18H,1-2H3. The first kappa shape index (κ1) is 15.6. The number of ketones is 2. The summed E-state index contributed by atoms with van der Waals surface area (Å²) in [5.74, 6) is -1.32. The predicted octanol–water partition coefficient (Wildman–Crippen LogP) is 3.09. The van der Waals surface area contributed by atoms with Gasteiger partial charge in [0.05, 0.1) is 4.90 Å². The molecule has 0 amide bonds. The molecular formula is C18H16O4S. The van der Waals surface area contributed by atoms with E-state index in [0.29, 0.717) is 0 Å². The number of carbonyl (C=O) groups is 2. The Morgan fingerprint density at radius 3 is 2.13 bits per heavy atom. The maximum atomic E-state index is 12.9. The molecule has 0 spiro atoms. The SMILES string of the molecule is CC(C)c1ccc(S(=O)(=O)C2C(=O)C(=O)c3ccccc32)cc1. The number of sulfone groups is 1. The molecule has 0 fully saturated rings. The number of Topliss-reactive ketones (excluding diaryl/α,β-unsaturated/α-hetero) is 2. The van der Waals surface area contributed by atoms with Crippen LogP contribution in [0.2, 0.25) is 0 Å². The molecule has 0 heterocycles. The molecule has 0 aromatic heterocycles. The van der Waals surface area contributed by atoms with E-state index < -0.39 is 26.7 Å². The molecule has 0 bridgehead atoms. The van der Waals surface area contributed by atoms with Gasteiger partial charge in [-0.05, 0) is 29.2 Å². The smallest absolute Gasteiger partial charge is 0.230 e. The van der Waals surface area contributed by atoms with E-state index in [4.69, 9.17) is 0 Å². The average molecular weight is 328 g/mol. The molecule has 0 radical (unpaired) electrons. The monoisotopic (exact) mass is 328 g/mol. The largest absolute Gasteiger partial charge is 0.289 e. The van der Waals surface area contributed by atoms with Gasteiger partial charge in [-0.15, -0.1) is 0 Å². The Labute approximate surface area is 135 Å². The third-order valence-corrected chi connectivity index (χ3v) is 6.15. The molecule has 2 aromatic carbocycles. The minimum atomic E-state index is -3.95. The molecule has 3 rings (SSSR count). The fourth-order valence-corrected chi connectivity index (χ4v) is 4.53. The van der Waals surface area contributed by atoms with Gasteiger partial charge < -0.3 is 0 Å². The quantitative estimate of drug-likeness (QED) is 0.812. The van der Waals surface area contributed by atoms with E-state index in [1.807, 2.05) is 13.8 Å². The molecule has 1 aliphatic rings. The van der Waals surface area contributed by atoms with Crippen molar-refractivity contribution in [2.75, 3.05) is 0 Å². The lowest BCUT2D eigenvalue weighted by Gasteiger charge is -2.12. The zero-order valence-corrected chi connectivity index (χ0v) is 13.6. The van der Waals surface area contributed by atoms with Crippen molar-refractivity contribution >= 4 is 21.4 Å². The second-order valence-electron chi connectivity index (χ2n) is 5.93. The summed E-state index contributed by atoms with van der Waals surface area (Å²) in [7, 11) is -3.95. The second-order valence-corrected chi connectivity index (χ2v) is 7.96. The van der Waals surface area contributed by atoms with Crippen molar-refractivity contribution in [2.45, 2.75) is 29.9 Å². The lowest BCUT2D eigenvalue weighted by atomic mass is 10.0. The van der Waals surface area contributed by atoms with E-state index in [2.05, 4.69) is 0 Å². The van der Waals surface area contributed by atoms with Crippen LogP contribution >= 0.6 is 0 Å². The van der Waals surface area contributed by atoms with Crippen molar-refractivity contribution in [3.8, 4) is 0 Å². The number of benzene rings is 2. The molecule has 0 N–H and O–H groups in total. The normalized spacial score (nSPS) is 17.6. The topological polar surface area (TPSA) is 68.3 Å². The van der Waals surface area contributed by atoms with E-state index in [9.17, 15) is 18.0 Å². The Morgan fingerprint density at radius 2 is 1.52 bits per heavy atom. The molecule has 4 nitrogen and oxygen atoms in total. The van der Waals surface area contributed by atoms with Crippen molar-refractivity contribution in [1.82, 2.24) is 0 Å². The van der Waals surface area contributed by atoms with Gasteiger partial charge in [0, 0.05) is 5.56 Å². The summed E-state index contributed by atoms with van der Waals surface area (Å²) in [6.45, 7) is 4.03. The Kier molecular flexibility index (Phi) is 3.68. The molecular weight excluding hydrogens is 312 g/mol. The van der Waals surface area contributed by atoms with Crippen LogP contribution in [-0.4, -0.2) is 20.0 Å². The molecule has 23 heavy (non-hydrogen) atoms. The summed E-state index contributed by atoms with van der Waals surface area (Å²) in [6, 6.07) is 12.8. The third-order valence-electron chi connectivity index (χ3n) is 4.14. The number of hydrogen-bond donors (Lipinski definition) is 0. The Balaban J connectivity index is 2.10. The molecule has 118 valence electrons. The highest BCUT2D eigenvalue weighted by molar-refractivity contribution is 7.92. The van der Waals surface area contributed by atoms with E-state index in [-0.39, 0.29) is 21.9 Å². The number of carbonyl (C=O) groups excluding carboxylic acids is 2. The third kappa shape index (κ3) is 2.41. The minimum Gasteiger partial charge on any atom is -0.289 e. The zero-order valence-electron chi connectivity index (χ0n) is 12.8. The maximum Gasteiger partial charge on any atom is 0.230 e. The summed E-state index contributed by atoms with van der Waals surface area (Å²) in [5.41, 5.74) is 1.47. The first-order valence-corrected chi connectivity index (χ1v) is 8.90. The molecule has 1 aliphatic carbocycles. The van der Waals surface area contributed by atoms with Crippen LogP contribution in [0.3, 0.4) is 0 Å². The maximum absolute atomic E-state index is 12.9. The first-order chi connectivity index (χ1) is 10.8. The lowest BCUT2D eigenvalue weighted by molar-refractivity contribution is -0.114. The fourth-order valence-electron chi connectivity index (χ4n) is 2.81. The van der Waals surface area contributed by atoms with Crippen LogP contribution in [0.1, 0.15) is 46.5 Å². The van der Waals surface area contributed by atoms with Crippen molar-refractivity contribution < 1.29 is 18.0 Å². The summed E-state index contributed by atoms with van der Waals surface area (Å²) >= 11 is 0. The Morgan fingerprint density at radius 1 is 0.913 bits per heavy atom. The lowest BCUT2D eigenvalue weighted by Crippen LogP contribution is -2.21. The number of hydrogen-bond acceptors (Lipinski definition) is 4. The summed E-state index contributed by atoms with van der Waals surface area (Å²) in [6.07, 6.45) is 0. The first-order valence-electron chi connectivity index (χ1n) is 7.35. The number of rotatable bonds is 3. The van der Waals surface area contributed by atoms with Gasteiger partial charge in [0.25, 0.3) is 0 Å². The minimum absolute atomic E-state index is 0.0600. The molecule has 2 aromatic rings. The van der Waals surface area contributed by atoms with Gasteiger partial charge in [-0.1, -0.05) is 50.2 Å². The predicted molar refractivity (Wildman–Crippen MR) is 86.2 cm³/mol. The van der Waals surface area contributed by atoms with Crippen LogP contribution in [0.25, 0.3) is 0 Å². The van der Waals surface area contributed by atoms with Gasteiger partial charge in [0.1, 0.15) is 0 Å². The fraction of sp³-hybridized carbons (Fsp3) is 0.222. The van der Waals surface area contributed by atoms with Gasteiger partial charge in [-0.25, -0.2) is 8.42 Å². The Bertz CT molecular complexity index is 893. The van der Waals surface area contributed by atoms with Crippen LogP contribution in [0.5, 0.6) is 0 Å². The highest BCUT2D eigenvalue weighted by Gasteiger charge is 2.46. The van der Waals surface area contributed by atoms with Gasteiger partial charge in [0.15, 0.2) is 15.1 Å². The van der Waals surface area contributed by atoms with E-state index in [0.717, 1.165) is 5.56 Å². The van der Waals surface area contributed by atoms with Crippen LogP contribution in [0, 0.1) is 0 Å². The van der Waals surface area contributed by atoms with Gasteiger partial charge in [-0.2, -0.15) is 0 Å². The van der Waals surface area contributed by atoms with Crippen LogP contribution in [0.4, 0.5) is 0 Å². The summed E-state index contributed by atoms with van der Waals surface area (Å²) < 4.78 is 25.7. The highest BCUT2D eigenvalue weighted by atomic mass is 32.2. The molecule has 5 heteroatoms. The molecule has 0 saturated heterocycles. The van der Waals surface area contributed by atoms with Crippen molar-refractivity contribution in [3.63, 3.8) is 0 Å². The Hall–Kier alpha value is -2.27. The molecule has 1 atom stereocenters. The number of fused-ring (bicyclic) bond motifs is 1. The van der Waals surface area contributed by atoms with E-state index >= 15 is 0 Å². The zero-order chi connectivity index (χ0) is 16.8. The van der Waals surface area contributed by atoms with Crippen molar-refractivity contribution in [3.05, 3.63) is 65.2 Å².